The Kier molecular flexibility index (Phi) is 5.21. The van der Waals surface area contributed by atoms with E-state index >= 15 is 0 Å². The van der Waals surface area contributed by atoms with Gasteiger partial charge in [0.1, 0.15) is 5.75 Å². The van der Waals surface area contributed by atoms with E-state index in [0.717, 1.165) is 30.7 Å². The summed E-state index contributed by atoms with van der Waals surface area (Å²) < 4.78 is 5.32. The van der Waals surface area contributed by atoms with Gasteiger partial charge in [-0.3, -0.25) is 0 Å². The van der Waals surface area contributed by atoms with Gasteiger partial charge in [-0.1, -0.05) is 43.7 Å². The van der Waals surface area contributed by atoms with E-state index in [9.17, 15) is 5.11 Å². The minimum Gasteiger partial charge on any atom is -0.496 e. The molecule has 1 aliphatic rings. The largest absolute Gasteiger partial charge is 0.496 e. The maximum absolute atomic E-state index is 9.52. The molecule has 0 heterocycles. The topological polar surface area (TPSA) is 41.5 Å². The number of rotatable bonds is 6. The van der Waals surface area contributed by atoms with Crippen molar-refractivity contribution >= 4 is 6.08 Å². The van der Waals surface area contributed by atoms with E-state index in [1.807, 2.05) is 24.3 Å². The van der Waals surface area contributed by atoms with Crippen molar-refractivity contribution in [2.45, 2.75) is 32.2 Å². The lowest BCUT2D eigenvalue weighted by Gasteiger charge is -2.29. The van der Waals surface area contributed by atoms with Gasteiger partial charge < -0.3 is 15.2 Å². The summed E-state index contributed by atoms with van der Waals surface area (Å²) in [6.07, 6.45) is 7.66. The fraction of sp³-hybridized carbons (Fsp3) is 0.529. The van der Waals surface area contributed by atoms with Crippen LogP contribution in [-0.2, 0) is 0 Å². The third-order valence-electron chi connectivity index (χ3n) is 4.36. The van der Waals surface area contributed by atoms with Crippen LogP contribution in [0.3, 0.4) is 0 Å². The second-order valence-electron chi connectivity index (χ2n) is 5.81. The predicted molar refractivity (Wildman–Crippen MR) is 82.9 cm³/mol. The molecule has 0 radical (unpaired) electrons. The molecule has 0 aromatic heterocycles. The molecule has 3 nitrogen and oxygen atoms in total. The number of methoxy groups -OCH3 is 1. The van der Waals surface area contributed by atoms with Crippen molar-refractivity contribution in [1.82, 2.24) is 5.32 Å². The summed E-state index contributed by atoms with van der Waals surface area (Å²) in [7, 11) is 1.69. The first-order chi connectivity index (χ1) is 9.69. The number of para-hydroxylation sites is 1. The maximum Gasteiger partial charge on any atom is 0.126 e. The summed E-state index contributed by atoms with van der Waals surface area (Å²) in [5.74, 6) is 0.893. The Balaban J connectivity index is 1.88. The van der Waals surface area contributed by atoms with Crippen molar-refractivity contribution in [1.29, 1.82) is 0 Å². The SMILES string of the molecule is COc1ccccc1C=CCNC1CCCC1(C)CO. The van der Waals surface area contributed by atoms with Crippen LogP contribution >= 0.6 is 0 Å². The summed E-state index contributed by atoms with van der Waals surface area (Å²) in [6, 6.07) is 8.40. The van der Waals surface area contributed by atoms with Gasteiger partial charge in [0.15, 0.2) is 0 Å². The van der Waals surface area contributed by atoms with Gasteiger partial charge in [-0.25, -0.2) is 0 Å². The molecule has 2 atom stereocenters. The lowest BCUT2D eigenvalue weighted by molar-refractivity contribution is 0.120. The van der Waals surface area contributed by atoms with E-state index in [1.54, 1.807) is 7.11 Å². The molecule has 110 valence electrons. The van der Waals surface area contributed by atoms with Crippen LogP contribution in [-0.4, -0.2) is 31.4 Å². The van der Waals surface area contributed by atoms with Gasteiger partial charge >= 0.3 is 0 Å². The highest BCUT2D eigenvalue weighted by molar-refractivity contribution is 5.57. The minimum atomic E-state index is 0.0400. The van der Waals surface area contributed by atoms with Crippen LogP contribution in [0.25, 0.3) is 6.08 Å². The molecule has 0 aliphatic heterocycles. The number of nitrogens with one attached hydrogen (secondary N) is 1. The molecule has 0 bridgehead atoms. The summed E-state index contributed by atoms with van der Waals surface area (Å²) in [6.45, 7) is 3.25. The lowest BCUT2D eigenvalue weighted by atomic mass is 9.86. The Bertz CT molecular complexity index is 458. The van der Waals surface area contributed by atoms with Gasteiger partial charge in [0.25, 0.3) is 0 Å². The third kappa shape index (κ3) is 3.41. The van der Waals surface area contributed by atoms with Gasteiger partial charge in [0.2, 0.25) is 0 Å². The van der Waals surface area contributed by atoms with Crippen molar-refractivity contribution < 1.29 is 9.84 Å². The molecule has 0 saturated heterocycles. The molecule has 1 aromatic carbocycles. The Morgan fingerprint density at radius 2 is 2.25 bits per heavy atom. The molecule has 0 amide bonds. The van der Waals surface area contributed by atoms with E-state index < -0.39 is 0 Å². The Labute approximate surface area is 121 Å². The minimum absolute atomic E-state index is 0.0400. The van der Waals surface area contributed by atoms with E-state index in [1.165, 1.54) is 6.42 Å². The number of hydrogen-bond donors (Lipinski definition) is 2. The first-order valence-corrected chi connectivity index (χ1v) is 7.33. The third-order valence-corrected chi connectivity index (χ3v) is 4.36. The summed E-state index contributed by atoms with van der Waals surface area (Å²) in [5, 5.41) is 13.1. The first kappa shape index (κ1) is 15.1. The van der Waals surface area contributed by atoms with E-state index in [4.69, 9.17) is 4.74 Å². The van der Waals surface area contributed by atoms with Crippen molar-refractivity contribution in [3.05, 3.63) is 35.9 Å². The highest BCUT2D eigenvalue weighted by atomic mass is 16.5. The number of ether oxygens (including phenoxy) is 1. The fourth-order valence-corrected chi connectivity index (χ4v) is 2.97. The standard InChI is InChI=1S/C17H25NO2/c1-17(13-19)11-5-10-16(17)18-12-6-8-14-7-3-4-9-15(14)20-2/h3-4,6-9,16,18-19H,5,10-13H2,1-2H3. The molecule has 1 saturated carbocycles. The van der Waals surface area contributed by atoms with Gasteiger partial charge in [0, 0.05) is 30.2 Å². The van der Waals surface area contributed by atoms with Crippen molar-refractivity contribution in [2.24, 2.45) is 5.41 Å². The molecule has 1 aliphatic carbocycles. The van der Waals surface area contributed by atoms with Crippen molar-refractivity contribution in [2.75, 3.05) is 20.3 Å². The smallest absolute Gasteiger partial charge is 0.126 e. The molecule has 1 aromatic rings. The average Bonchev–Trinajstić information content (AvgIpc) is 2.86. The van der Waals surface area contributed by atoms with E-state index in [2.05, 4.69) is 24.4 Å². The second kappa shape index (κ2) is 6.91. The van der Waals surface area contributed by atoms with Crippen LogP contribution in [0.2, 0.25) is 0 Å². The van der Waals surface area contributed by atoms with Crippen LogP contribution in [0.1, 0.15) is 31.7 Å². The van der Waals surface area contributed by atoms with Crippen LogP contribution in [0.5, 0.6) is 5.75 Å². The number of aliphatic hydroxyl groups is 1. The molecule has 0 spiro atoms. The molecular weight excluding hydrogens is 250 g/mol. The van der Waals surface area contributed by atoms with Crippen molar-refractivity contribution in [3.8, 4) is 5.75 Å². The normalized spacial score (nSPS) is 26.2. The average molecular weight is 275 g/mol. The Hall–Kier alpha value is -1.32. The van der Waals surface area contributed by atoms with Gasteiger partial charge in [0.05, 0.1) is 7.11 Å². The van der Waals surface area contributed by atoms with Crippen LogP contribution < -0.4 is 10.1 Å². The molecule has 2 unspecified atom stereocenters. The molecule has 3 heteroatoms. The maximum atomic E-state index is 9.52. The number of hydrogen-bond acceptors (Lipinski definition) is 3. The Morgan fingerprint density at radius 1 is 1.45 bits per heavy atom. The molecule has 1 fully saturated rings. The second-order valence-corrected chi connectivity index (χ2v) is 5.81. The molecule has 2 N–H and O–H groups in total. The van der Waals surface area contributed by atoms with Gasteiger partial charge in [-0.15, -0.1) is 0 Å². The zero-order valence-corrected chi connectivity index (χ0v) is 12.4. The zero-order chi connectivity index (χ0) is 14.4. The van der Waals surface area contributed by atoms with Gasteiger partial charge in [-0.2, -0.15) is 0 Å². The van der Waals surface area contributed by atoms with Crippen LogP contribution in [0, 0.1) is 5.41 Å². The monoisotopic (exact) mass is 275 g/mol. The number of aliphatic hydroxyl groups excluding tert-OH is 1. The first-order valence-electron chi connectivity index (χ1n) is 7.33. The zero-order valence-electron chi connectivity index (χ0n) is 12.4. The Morgan fingerprint density at radius 3 is 3.00 bits per heavy atom. The molecular formula is C17H25NO2. The highest BCUT2D eigenvalue weighted by Crippen LogP contribution is 2.37. The predicted octanol–water partition coefficient (Wildman–Crippen LogP) is 2.85. The number of benzene rings is 1. The highest BCUT2D eigenvalue weighted by Gasteiger charge is 2.37. The molecule has 20 heavy (non-hydrogen) atoms. The quantitative estimate of drug-likeness (QED) is 0.839. The van der Waals surface area contributed by atoms with Gasteiger partial charge in [-0.05, 0) is 18.9 Å². The summed E-state index contributed by atoms with van der Waals surface area (Å²) in [5.41, 5.74) is 1.13. The van der Waals surface area contributed by atoms with Crippen LogP contribution in [0.15, 0.2) is 30.3 Å². The van der Waals surface area contributed by atoms with Crippen molar-refractivity contribution in [3.63, 3.8) is 0 Å². The van der Waals surface area contributed by atoms with E-state index in [0.29, 0.717) is 6.04 Å². The lowest BCUT2D eigenvalue weighted by Crippen LogP contribution is -2.41. The summed E-state index contributed by atoms with van der Waals surface area (Å²) >= 11 is 0. The fourth-order valence-electron chi connectivity index (χ4n) is 2.97. The summed E-state index contributed by atoms with van der Waals surface area (Å²) in [4.78, 5) is 0. The molecule has 2 rings (SSSR count). The van der Waals surface area contributed by atoms with Crippen LogP contribution in [0.4, 0.5) is 0 Å². The van der Waals surface area contributed by atoms with E-state index in [-0.39, 0.29) is 12.0 Å².